The number of aliphatic hydroxyl groups excluding tert-OH is 2. The van der Waals surface area contributed by atoms with Crippen LogP contribution in [0.2, 0.25) is 0 Å². The van der Waals surface area contributed by atoms with Gasteiger partial charge in [0, 0.05) is 23.2 Å². The molecule has 0 bridgehead atoms. The summed E-state index contributed by atoms with van der Waals surface area (Å²) in [4.78, 5) is 28.3. The summed E-state index contributed by atoms with van der Waals surface area (Å²) < 4.78 is 54.6. The van der Waals surface area contributed by atoms with Crippen LogP contribution >= 0.6 is 0 Å². The first-order chi connectivity index (χ1) is 18.1. The number of halogens is 4. The number of hydrogen-bond acceptors (Lipinski definition) is 8. The number of alkyl halides is 3. The first kappa shape index (κ1) is 28.6. The Morgan fingerprint density at radius 2 is 1.87 bits per heavy atom. The fraction of sp³-hybridized carbons (Fsp3) is 0.500. The van der Waals surface area contributed by atoms with E-state index in [1.54, 1.807) is 19.0 Å². The number of allylic oxidation sites excluding steroid dienone is 1. The van der Waals surface area contributed by atoms with E-state index >= 15 is 4.39 Å². The van der Waals surface area contributed by atoms with Crippen molar-refractivity contribution in [2.45, 2.75) is 38.5 Å². The molecule has 1 fully saturated rings. The second kappa shape index (κ2) is 9.94. The number of ketones is 1. The number of primary amides is 1. The Hall–Kier alpha value is -3.45. The highest BCUT2D eigenvalue weighted by Gasteiger charge is 2.54. The predicted octanol–water partition coefficient (Wildman–Crippen LogP) is 2.82. The van der Waals surface area contributed by atoms with Crippen LogP contribution < -0.4 is 5.73 Å². The zero-order valence-electron chi connectivity index (χ0n) is 21.6. The second-order valence-electron chi connectivity index (χ2n) is 10.5. The Labute approximate surface area is 221 Å². The average molecular weight is 555 g/mol. The number of nitrogens with two attached hydrogens (primary N) is 1. The summed E-state index contributed by atoms with van der Waals surface area (Å²) in [5, 5.41) is 41.2. The number of benzene rings is 1. The molecule has 3 aliphatic carbocycles. The number of fused-ring (bicyclic) bond motifs is 3. The number of amides is 1. The van der Waals surface area contributed by atoms with Gasteiger partial charge in [0.2, 0.25) is 0 Å². The highest BCUT2D eigenvalue weighted by atomic mass is 19.4. The Morgan fingerprint density at radius 3 is 2.41 bits per heavy atom. The zero-order valence-corrected chi connectivity index (χ0v) is 21.6. The third-order valence-electron chi connectivity index (χ3n) is 7.87. The van der Waals surface area contributed by atoms with E-state index in [9.17, 15) is 38.1 Å². The van der Waals surface area contributed by atoms with Crippen LogP contribution in [0.4, 0.5) is 17.6 Å². The molecule has 0 spiro atoms. The summed E-state index contributed by atoms with van der Waals surface area (Å²) in [5.41, 5.74) is 3.67. The van der Waals surface area contributed by atoms with E-state index in [4.69, 9.17) is 11.1 Å². The Kier molecular flexibility index (Phi) is 7.28. The Balaban J connectivity index is 1.80. The van der Waals surface area contributed by atoms with Crippen molar-refractivity contribution in [3.05, 3.63) is 45.5 Å². The van der Waals surface area contributed by atoms with Gasteiger partial charge in [0.25, 0.3) is 5.91 Å². The van der Waals surface area contributed by atoms with Crippen molar-refractivity contribution in [2.24, 2.45) is 23.5 Å². The topological polar surface area (TPSA) is 151 Å². The lowest BCUT2D eigenvalue weighted by Crippen LogP contribution is -2.55. The molecule has 39 heavy (non-hydrogen) atoms. The number of rotatable bonds is 6. The van der Waals surface area contributed by atoms with Gasteiger partial charge in [-0.05, 0) is 51.4 Å². The summed E-state index contributed by atoms with van der Waals surface area (Å²) >= 11 is 0. The molecule has 0 aromatic heterocycles. The molecule has 1 amide bonds. The molecule has 1 aromatic carbocycles. The van der Waals surface area contributed by atoms with Crippen LogP contribution in [-0.4, -0.2) is 81.9 Å². The largest absolute Gasteiger partial charge is 0.510 e. The van der Waals surface area contributed by atoms with Gasteiger partial charge in [-0.3, -0.25) is 19.4 Å². The van der Waals surface area contributed by atoms with Gasteiger partial charge in [-0.15, -0.1) is 0 Å². The Morgan fingerprint density at radius 1 is 1.23 bits per heavy atom. The Bertz CT molecular complexity index is 1320. The molecule has 1 saturated carbocycles. The van der Waals surface area contributed by atoms with E-state index in [0.717, 1.165) is 11.0 Å². The minimum absolute atomic E-state index is 0.0333. The summed E-state index contributed by atoms with van der Waals surface area (Å²) in [6, 6.07) is 0.0719. The number of Topliss-reactive ketones (excluding diaryl/α,β-unsaturated/α-hetero) is 1. The average Bonchev–Trinajstić information content (AvgIpc) is 2.79. The fourth-order valence-corrected chi connectivity index (χ4v) is 6.31. The molecule has 0 saturated heterocycles. The van der Waals surface area contributed by atoms with Crippen LogP contribution in [0.1, 0.15) is 30.0 Å². The van der Waals surface area contributed by atoms with Crippen LogP contribution in [0.5, 0.6) is 5.75 Å². The number of carbonyl (C=O) groups is 2. The highest BCUT2D eigenvalue weighted by molar-refractivity contribution is 6.29. The number of phenolic OH excluding ortho intramolecular Hbond substituents is 1. The molecule has 1 unspecified atom stereocenters. The lowest BCUT2D eigenvalue weighted by molar-refractivity contribution is -0.146. The van der Waals surface area contributed by atoms with Gasteiger partial charge >= 0.3 is 6.18 Å². The normalized spacial score (nSPS) is 25.3. The number of nitrogens with zero attached hydrogens (tertiary/aromatic N) is 2. The van der Waals surface area contributed by atoms with Crippen LogP contribution in [-0.2, 0) is 22.6 Å². The number of carbonyl (C=O) groups excluding carboxylic acids is 2. The molecule has 4 atom stereocenters. The molecule has 0 radical (unpaired) electrons. The third-order valence-corrected chi connectivity index (χ3v) is 7.87. The van der Waals surface area contributed by atoms with Crippen molar-refractivity contribution in [3.63, 3.8) is 0 Å². The van der Waals surface area contributed by atoms with Gasteiger partial charge in [-0.1, -0.05) is 6.92 Å². The van der Waals surface area contributed by atoms with Crippen molar-refractivity contribution in [1.29, 1.82) is 5.41 Å². The minimum Gasteiger partial charge on any atom is -0.510 e. The number of hydrogen-bond donors (Lipinski definition) is 5. The third kappa shape index (κ3) is 4.78. The standard InChI is InChI=1S/C26H30F4N4O5/c1-4-34(9-26(28,29)30)8-11-7-14(35)16-12(19(11)27)5-10-6-13-17(23(37)15(10)22(16)36)20(31)18(25(32)39)24(38)21(13)33(2)3/h7,10,13,17,21,31,35-36,38H,4-6,8-9H2,1-3H3,(H2,32,39)/t10-,13+,17?,21-/m0/s1. The second-order valence-corrected chi connectivity index (χ2v) is 10.5. The molecule has 4 rings (SSSR count). The minimum atomic E-state index is -4.51. The fourth-order valence-electron chi connectivity index (χ4n) is 6.31. The summed E-state index contributed by atoms with van der Waals surface area (Å²) in [5.74, 6) is -7.10. The molecule has 0 aliphatic heterocycles. The molecule has 1 aromatic rings. The lowest BCUT2D eigenvalue weighted by Gasteiger charge is -2.47. The predicted molar refractivity (Wildman–Crippen MR) is 132 cm³/mol. The van der Waals surface area contributed by atoms with Crippen molar-refractivity contribution in [2.75, 3.05) is 27.2 Å². The van der Waals surface area contributed by atoms with E-state index < -0.39 is 89.1 Å². The van der Waals surface area contributed by atoms with Gasteiger partial charge in [-0.2, -0.15) is 13.2 Å². The van der Waals surface area contributed by atoms with Crippen LogP contribution in [0, 0.1) is 29.0 Å². The van der Waals surface area contributed by atoms with Crippen LogP contribution in [0.3, 0.4) is 0 Å². The van der Waals surface area contributed by atoms with E-state index in [0.29, 0.717) is 0 Å². The SMILES string of the molecule is CCN(Cc1cc(O)c2c(c1F)C[C@H]1C[C@@H]3C(C(=N)C(C(N)=O)=C(O)[C@H]3N(C)C)C(=O)C1=C2O)CC(F)(F)F. The number of likely N-dealkylation sites (N-methyl/N-ethyl adjacent to an activating group) is 1. The number of aromatic hydroxyl groups is 1. The highest BCUT2D eigenvalue weighted by Crippen LogP contribution is 2.51. The number of aliphatic hydroxyl groups is 2. The molecule has 0 heterocycles. The van der Waals surface area contributed by atoms with Crippen LogP contribution in [0.25, 0.3) is 5.76 Å². The number of phenols is 1. The maximum atomic E-state index is 15.7. The van der Waals surface area contributed by atoms with Crippen molar-refractivity contribution in [3.8, 4) is 5.75 Å². The maximum absolute atomic E-state index is 15.7. The monoisotopic (exact) mass is 554 g/mol. The summed E-state index contributed by atoms with van der Waals surface area (Å²) in [7, 11) is 3.22. The lowest BCUT2D eigenvalue weighted by atomic mass is 9.59. The summed E-state index contributed by atoms with van der Waals surface area (Å²) in [6.07, 6.45) is -4.55. The van der Waals surface area contributed by atoms with E-state index in [1.165, 1.54) is 6.92 Å². The van der Waals surface area contributed by atoms with E-state index in [2.05, 4.69) is 0 Å². The molecule has 9 nitrogen and oxygen atoms in total. The van der Waals surface area contributed by atoms with Crippen LogP contribution in [0.15, 0.2) is 23.0 Å². The first-order valence-electron chi connectivity index (χ1n) is 12.4. The molecular formula is C26H30F4N4O5. The molecule has 6 N–H and O–H groups in total. The maximum Gasteiger partial charge on any atom is 0.401 e. The van der Waals surface area contributed by atoms with Gasteiger partial charge in [-0.25, -0.2) is 4.39 Å². The van der Waals surface area contributed by atoms with Crippen molar-refractivity contribution >= 4 is 23.2 Å². The summed E-state index contributed by atoms with van der Waals surface area (Å²) in [6.45, 7) is -0.265. The number of nitrogens with one attached hydrogen (secondary N) is 1. The van der Waals surface area contributed by atoms with Crippen molar-refractivity contribution in [1.82, 2.24) is 9.80 Å². The van der Waals surface area contributed by atoms with Gasteiger partial charge < -0.3 is 26.5 Å². The van der Waals surface area contributed by atoms with Gasteiger partial charge in [0.1, 0.15) is 23.1 Å². The smallest absolute Gasteiger partial charge is 0.401 e. The molecule has 3 aliphatic rings. The van der Waals surface area contributed by atoms with Gasteiger partial charge in [0.15, 0.2) is 5.78 Å². The van der Waals surface area contributed by atoms with Crippen molar-refractivity contribution < 1.29 is 42.5 Å². The quantitative estimate of drug-likeness (QED) is 0.339. The zero-order chi connectivity index (χ0) is 29.1. The van der Waals surface area contributed by atoms with Gasteiger partial charge in [0.05, 0.1) is 35.4 Å². The first-order valence-corrected chi connectivity index (χ1v) is 12.4. The van der Waals surface area contributed by atoms with E-state index in [1.807, 2.05) is 0 Å². The molecule has 212 valence electrons. The van der Waals surface area contributed by atoms with E-state index in [-0.39, 0.29) is 41.6 Å². The molecule has 13 heteroatoms. The molecular weight excluding hydrogens is 524 g/mol.